The fourth-order valence-corrected chi connectivity index (χ4v) is 3.57. The number of hydrogen-bond acceptors (Lipinski definition) is 3. The topological polar surface area (TPSA) is 80.6 Å². The first-order valence-electron chi connectivity index (χ1n) is 8.56. The summed E-state index contributed by atoms with van der Waals surface area (Å²) in [6.07, 6.45) is 1.80. The molecule has 6 heteroatoms. The third kappa shape index (κ3) is 2.95. The van der Waals surface area contributed by atoms with Crippen LogP contribution in [0.15, 0.2) is 60.8 Å². The molecule has 4 rings (SSSR count). The SMILES string of the molecule is COc1cccc([C@H]2CC(=O)Nc3c(C(=O)O)cn(-c4ccccc4)c32)c1. The number of fused-ring (bicyclic) bond motifs is 1. The lowest BCUT2D eigenvalue weighted by Crippen LogP contribution is -2.25. The average Bonchev–Trinajstić information content (AvgIpc) is 3.07. The van der Waals surface area contributed by atoms with E-state index in [2.05, 4.69) is 5.32 Å². The number of rotatable bonds is 4. The molecule has 0 radical (unpaired) electrons. The van der Waals surface area contributed by atoms with Gasteiger partial charge in [0.05, 0.1) is 18.5 Å². The van der Waals surface area contributed by atoms with Gasteiger partial charge in [-0.15, -0.1) is 0 Å². The number of aromatic carboxylic acids is 1. The van der Waals surface area contributed by atoms with Crippen molar-refractivity contribution in [1.29, 1.82) is 0 Å². The number of hydrogen-bond donors (Lipinski definition) is 2. The summed E-state index contributed by atoms with van der Waals surface area (Å²) in [5.74, 6) is -0.871. The van der Waals surface area contributed by atoms with Gasteiger partial charge in [-0.25, -0.2) is 4.79 Å². The maximum Gasteiger partial charge on any atom is 0.339 e. The van der Waals surface area contributed by atoms with Crippen molar-refractivity contribution < 1.29 is 19.4 Å². The first kappa shape index (κ1) is 16.9. The Bertz CT molecular complexity index is 1020. The van der Waals surface area contributed by atoms with Crippen LogP contribution in [-0.2, 0) is 4.79 Å². The van der Waals surface area contributed by atoms with E-state index >= 15 is 0 Å². The zero-order valence-corrected chi connectivity index (χ0v) is 14.7. The van der Waals surface area contributed by atoms with Crippen LogP contribution in [0.2, 0.25) is 0 Å². The van der Waals surface area contributed by atoms with Gasteiger partial charge in [0.1, 0.15) is 11.3 Å². The van der Waals surface area contributed by atoms with Gasteiger partial charge in [-0.2, -0.15) is 0 Å². The molecular formula is C21H18N2O4. The van der Waals surface area contributed by atoms with Gasteiger partial charge in [-0.3, -0.25) is 4.79 Å². The summed E-state index contributed by atoms with van der Waals surface area (Å²) in [4.78, 5) is 24.1. The van der Waals surface area contributed by atoms with Crippen LogP contribution >= 0.6 is 0 Å². The monoisotopic (exact) mass is 362 g/mol. The molecule has 1 aliphatic heterocycles. The number of nitrogens with one attached hydrogen (secondary N) is 1. The fourth-order valence-electron chi connectivity index (χ4n) is 3.57. The smallest absolute Gasteiger partial charge is 0.339 e. The van der Waals surface area contributed by atoms with Crippen molar-refractivity contribution in [3.63, 3.8) is 0 Å². The summed E-state index contributed by atoms with van der Waals surface area (Å²) in [6.45, 7) is 0. The van der Waals surface area contributed by atoms with Gasteiger partial charge in [0.2, 0.25) is 5.91 Å². The Morgan fingerprint density at radius 1 is 1.19 bits per heavy atom. The number of nitrogens with zero attached hydrogens (tertiary/aromatic N) is 1. The Labute approximate surface area is 156 Å². The molecule has 2 N–H and O–H groups in total. The second-order valence-corrected chi connectivity index (χ2v) is 6.40. The lowest BCUT2D eigenvalue weighted by atomic mass is 9.88. The minimum Gasteiger partial charge on any atom is -0.497 e. The Hall–Kier alpha value is -3.54. The molecule has 136 valence electrons. The molecule has 0 saturated heterocycles. The van der Waals surface area contributed by atoms with E-state index in [0.717, 1.165) is 16.9 Å². The minimum atomic E-state index is -1.08. The first-order chi connectivity index (χ1) is 13.1. The number of para-hydroxylation sites is 1. The lowest BCUT2D eigenvalue weighted by Gasteiger charge is -2.26. The van der Waals surface area contributed by atoms with Crippen LogP contribution in [0.4, 0.5) is 5.69 Å². The minimum absolute atomic E-state index is 0.0785. The van der Waals surface area contributed by atoms with Crippen molar-refractivity contribution >= 4 is 17.6 Å². The number of aromatic nitrogens is 1. The molecule has 3 aromatic rings. The van der Waals surface area contributed by atoms with E-state index in [1.165, 1.54) is 0 Å². The van der Waals surface area contributed by atoms with Gasteiger partial charge in [-0.05, 0) is 29.8 Å². The van der Waals surface area contributed by atoms with Crippen LogP contribution in [0.5, 0.6) is 5.75 Å². The van der Waals surface area contributed by atoms with Gasteiger partial charge in [-0.1, -0.05) is 30.3 Å². The van der Waals surface area contributed by atoms with E-state index in [0.29, 0.717) is 11.4 Å². The largest absolute Gasteiger partial charge is 0.497 e. The second kappa shape index (κ2) is 6.64. The quantitative estimate of drug-likeness (QED) is 0.742. The van der Waals surface area contributed by atoms with Crippen LogP contribution in [0.25, 0.3) is 5.69 Å². The summed E-state index contributed by atoms with van der Waals surface area (Å²) in [5, 5.41) is 12.4. The molecule has 1 aromatic heterocycles. The summed E-state index contributed by atoms with van der Waals surface area (Å²) in [6, 6.07) is 17.0. The van der Waals surface area contributed by atoms with Gasteiger partial charge in [0.25, 0.3) is 0 Å². The Morgan fingerprint density at radius 2 is 1.96 bits per heavy atom. The highest BCUT2D eigenvalue weighted by Crippen LogP contribution is 2.42. The van der Waals surface area contributed by atoms with E-state index in [-0.39, 0.29) is 23.8 Å². The van der Waals surface area contributed by atoms with E-state index in [4.69, 9.17) is 4.74 Å². The van der Waals surface area contributed by atoms with Crippen molar-refractivity contribution in [2.45, 2.75) is 12.3 Å². The zero-order chi connectivity index (χ0) is 19.0. The second-order valence-electron chi connectivity index (χ2n) is 6.40. The molecule has 0 bridgehead atoms. The van der Waals surface area contributed by atoms with Gasteiger partial charge in [0.15, 0.2) is 0 Å². The number of anilines is 1. The Kier molecular flexibility index (Phi) is 4.16. The average molecular weight is 362 g/mol. The molecule has 0 saturated carbocycles. The van der Waals surface area contributed by atoms with Crippen molar-refractivity contribution in [2.24, 2.45) is 0 Å². The Balaban J connectivity index is 1.96. The Morgan fingerprint density at radius 3 is 2.67 bits per heavy atom. The van der Waals surface area contributed by atoms with Crippen molar-refractivity contribution in [1.82, 2.24) is 4.57 Å². The summed E-state index contributed by atoms with van der Waals surface area (Å²) < 4.78 is 7.17. The first-order valence-corrected chi connectivity index (χ1v) is 8.56. The molecule has 27 heavy (non-hydrogen) atoms. The van der Waals surface area contributed by atoms with Crippen LogP contribution in [0.1, 0.15) is 34.0 Å². The predicted molar refractivity (Wildman–Crippen MR) is 101 cm³/mol. The highest BCUT2D eigenvalue weighted by molar-refractivity contribution is 6.04. The summed E-state index contributed by atoms with van der Waals surface area (Å²) in [7, 11) is 1.59. The number of benzene rings is 2. The fraction of sp³-hybridized carbons (Fsp3) is 0.143. The van der Waals surface area contributed by atoms with Gasteiger partial charge < -0.3 is 19.7 Å². The summed E-state index contributed by atoms with van der Waals surface area (Å²) >= 11 is 0. The molecule has 1 amide bonds. The maximum atomic E-state index is 12.3. The molecule has 1 aliphatic rings. The number of carbonyl (C=O) groups is 2. The number of carbonyl (C=O) groups excluding carboxylic acids is 1. The molecule has 0 aliphatic carbocycles. The highest BCUT2D eigenvalue weighted by Gasteiger charge is 2.34. The van der Waals surface area contributed by atoms with Crippen molar-refractivity contribution in [2.75, 3.05) is 12.4 Å². The molecule has 0 spiro atoms. The lowest BCUT2D eigenvalue weighted by molar-refractivity contribution is -0.116. The standard InChI is InChI=1S/C21H18N2O4/c1-27-15-9-5-6-13(10-15)16-11-18(24)22-19-17(21(25)26)12-23(20(16)19)14-7-3-2-4-8-14/h2-10,12,16H,11H2,1H3,(H,22,24)(H,25,26)/t16-/m1/s1. The third-order valence-corrected chi connectivity index (χ3v) is 4.79. The zero-order valence-electron chi connectivity index (χ0n) is 14.7. The van der Waals surface area contributed by atoms with E-state index in [1.807, 2.05) is 59.2 Å². The normalized spacial score (nSPS) is 15.7. The van der Waals surface area contributed by atoms with Crippen LogP contribution < -0.4 is 10.1 Å². The maximum absolute atomic E-state index is 12.3. The molecule has 1 atom stereocenters. The van der Waals surface area contributed by atoms with Gasteiger partial charge >= 0.3 is 5.97 Å². The molecule has 6 nitrogen and oxygen atoms in total. The molecule has 2 aromatic carbocycles. The molecule has 2 heterocycles. The highest BCUT2D eigenvalue weighted by atomic mass is 16.5. The van der Waals surface area contributed by atoms with Crippen molar-refractivity contribution in [3.05, 3.63) is 77.6 Å². The van der Waals surface area contributed by atoms with Crippen molar-refractivity contribution in [3.8, 4) is 11.4 Å². The number of ether oxygens (including phenoxy) is 1. The van der Waals surface area contributed by atoms with Crippen LogP contribution in [-0.4, -0.2) is 28.7 Å². The summed E-state index contributed by atoms with van der Waals surface area (Å²) in [5.41, 5.74) is 2.93. The molecule has 0 fully saturated rings. The van der Waals surface area contributed by atoms with E-state index < -0.39 is 5.97 Å². The van der Waals surface area contributed by atoms with Gasteiger partial charge in [0, 0.05) is 24.2 Å². The van der Waals surface area contributed by atoms with Crippen LogP contribution in [0.3, 0.4) is 0 Å². The molecule has 0 unspecified atom stereocenters. The van der Waals surface area contributed by atoms with E-state index in [1.54, 1.807) is 13.3 Å². The van der Waals surface area contributed by atoms with E-state index in [9.17, 15) is 14.7 Å². The van der Waals surface area contributed by atoms with Crippen LogP contribution in [0, 0.1) is 0 Å². The number of methoxy groups -OCH3 is 1. The number of carboxylic acids is 1. The third-order valence-electron chi connectivity index (χ3n) is 4.79. The number of carboxylic acid groups (broad SMARTS) is 1. The molecular weight excluding hydrogens is 344 g/mol. The number of amides is 1. The predicted octanol–water partition coefficient (Wildman–Crippen LogP) is 3.66.